The molecule has 1 saturated carbocycles. The summed E-state index contributed by atoms with van der Waals surface area (Å²) in [6.07, 6.45) is -0.648. The summed E-state index contributed by atoms with van der Waals surface area (Å²) in [5, 5.41) is 0. The van der Waals surface area contributed by atoms with E-state index < -0.39 is 6.43 Å². The lowest BCUT2D eigenvalue weighted by Gasteiger charge is -2.05. The van der Waals surface area contributed by atoms with Gasteiger partial charge in [-0.3, -0.25) is 0 Å². The lowest BCUT2D eigenvalue weighted by Crippen LogP contribution is -2.06. The second kappa shape index (κ2) is 2.85. The van der Waals surface area contributed by atoms with E-state index in [9.17, 15) is 8.78 Å². The zero-order valence-corrected chi connectivity index (χ0v) is 6.48. The molecule has 0 bridgehead atoms. The molecule has 0 amide bonds. The molecule has 2 heteroatoms. The SMILES string of the molecule is CC1CC(C(F)F)CC1C. The maximum atomic E-state index is 12.1. The Morgan fingerprint density at radius 1 is 1.10 bits per heavy atom. The van der Waals surface area contributed by atoms with Crippen LogP contribution in [0.1, 0.15) is 26.7 Å². The summed E-state index contributed by atoms with van der Waals surface area (Å²) in [4.78, 5) is 0. The Morgan fingerprint density at radius 3 is 1.70 bits per heavy atom. The maximum absolute atomic E-state index is 12.1. The first-order chi connectivity index (χ1) is 4.61. The summed E-state index contributed by atoms with van der Waals surface area (Å²) in [5.74, 6) is 0.683. The predicted octanol–water partition coefficient (Wildman–Crippen LogP) is 2.93. The zero-order valence-electron chi connectivity index (χ0n) is 6.48. The summed E-state index contributed by atoms with van der Waals surface area (Å²) in [5.41, 5.74) is 0. The van der Waals surface area contributed by atoms with E-state index in [-0.39, 0.29) is 5.92 Å². The van der Waals surface area contributed by atoms with Crippen molar-refractivity contribution in [3.05, 3.63) is 0 Å². The van der Waals surface area contributed by atoms with Gasteiger partial charge in [0.1, 0.15) is 0 Å². The van der Waals surface area contributed by atoms with Crippen molar-refractivity contribution < 1.29 is 8.78 Å². The summed E-state index contributed by atoms with van der Waals surface area (Å²) < 4.78 is 24.2. The molecule has 10 heavy (non-hydrogen) atoms. The average molecular weight is 148 g/mol. The summed E-state index contributed by atoms with van der Waals surface area (Å²) >= 11 is 0. The van der Waals surface area contributed by atoms with Crippen LogP contribution in [-0.2, 0) is 0 Å². The molecular weight excluding hydrogens is 134 g/mol. The molecule has 60 valence electrons. The molecular formula is C8H14F2. The van der Waals surface area contributed by atoms with Crippen LogP contribution in [0.15, 0.2) is 0 Å². The summed E-state index contributed by atoms with van der Waals surface area (Å²) in [6, 6.07) is 0. The molecule has 0 N–H and O–H groups in total. The summed E-state index contributed by atoms with van der Waals surface area (Å²) in [6.45, 7) is 4.13. The van der Waals surface area contributed by atoms with Gasteiger partial charge in [0, 0.05) is 5.92 Å². The Kier molecular flexibility index (Phi) is 2.27. The van der Waals surface area contributed by atoms with E-state index in [4.69, 9.17) is 0 Å². The fraction of sp³-hybridized carbons (Fsp3) is 1.00. The second-order valence-corrected chi connectivity index (χ2v) is 3.52. The molecule has 1 aliphatic rings. The highest BCUT2D eigenvalue weighted by atomic mass is 19.3. The van der Waals surface area contributed by atoms with Crippen molar-refractivity contribution in [3.63, 3.8) is 0 Å². The number of hydrogen-bond donors (Lipinski definition) is 0. The molecule has 0 aromatic carbocycles. The smallest absolute Gasteiger partial charge is 0.210 e. The van der Waals surface area contributed by atoms with Gasteiger partial charge >= 0.3 is 0 Å². The lowest BCUT2D eigenvalue weighted by molar-refractivity contribution is 0.0777. The molecule has 1 aliphatic carbocycles. The third kappa shape index (κ3) is 1.47. The van der Waals surface area contributed by atoms with Crippen molar-refractivity contribution in [1.82, 2.24) is 0 Å². The largest absolute Gasteiger partial charge is 0.241 e. The monoisotopic (exact) mass is 148 g/mol. The van der Waals surface area contributed by atoms with E-state index in [1.807, 2.05) is 0 Å². The van der Waals surface area contributed by atoms with Crippen molar-refractivity contribution in [2.24, 2.45) is 17.8 Å². The number of halogens is 2. The van der Waals surface area contributed by atoms with E-state index in [0.29, 0.717) is 11.8 Å². The van der Waals surface area contributed by atoms with Gasteiger partial charge in [0.25, 0.3) is 0 Å². The normalized spacial score (nSPS) is 41.1. The molecule has 1 rings (SSSR count). The minimum Gasteiger partial charge on any atom is -0.210 e. The summed E-state index contributed by atoms with van der Waals surface area (Å²) in [7, 11) is 0. The molecule has 1 fully saturated rings. The second-order valence-electron chi connectivity index (χ2n) is 3.52. The van der Waals surface area contributed by atoms with Crippen molar-refractivity contribution in [2.45, 2.75) is 33.1 Å². The molecule has 0 radical (unpaired) electrons. The highest BCUT2D eigenvalue weighted by Gasteiger charge is 2.33. The van der Waals surface area contributed by atoms with Crippen LogP contribution >= 0.6 is 0 Å². The molecule has 0 spiro atoms. The quantitative estimate of drug-likeness (QED) is 0.536. The third-order valence-corrected chi connectivity index (χ3v) is 2.68. The van der Waals surface area contributed by atoms with Gasteiger partial charge < -0.3 is 0 Å². The van der Waals surface area contributed by atoms with Crippen LogP contribution in [0.5, 0.6) is 0 Å². The first kappa shape index (κ1) is 7.96. The molecule has 0 nitrogen and oxygen atoms in total. The van der Waals surface area contributed by atoms with Crippen molar-refractivity contribution >= 4 is 0 Å². The predicted molar refractivity (Wildman–Crippen MR) is 37.1 cm³/mol. The van der Waals surface area contributed by atoms with E-state index >= 15 is 0 Å². The van der Waals surface area contributed by atoms with Crippen molar-refractivity contribution in [1.29, 1.82) is 0 Å². The molecule has 0 aliphatic heterocycles. The first-order valence-corrected chi connectivity index (χ1v) is 3.89. The van der Waals surface area contributed by atoms with Gasteiger partial charge in [-0.15, -0.1) is 0 Å². The molecule has 0 saturated heterocycles. The Balaban J connectivity index is 2.41. The van der Waals surface area contributed by atoms with Crippen LogP contribution in [0.25, 0.3) is 0 Å². The Morgan fingerprint density at radius 2 is 1.50 bits per heavy atom. The van der Waals surface area contributed by atoms with Crippen LogP contribution in [-0.4, -0.2) is 6.43 Å². The number of rotatable bonds is 1. The van der Waals surface area contributed by atoms with Gasteiger partial charge in [0.05, 0.1) is 0 Å². The minimum absolute atomic E-state index is 0.315. The highest BCUT2D eigenvalue weighted by molar-refractivity contribution is 4.79. The Hall–Kier alpha value is -0.140. The zero-order chi connectivity index (χ0) is 7.72. The topological polar surface area (TPSA) is 0 Å². The average Bonchev–Trinajstić information content (AvgIpc) is 2.13. The molecule has 0 heterocycles. The fourth-order valence-electron chi connectivity index (χ4n) is 1.72. The van der Waals surface area contributed by atoms with Crippen LogP contribution in [0.4, 0.5) is 8.78 Å². The number of alkyl halides is 2. The molecule has 2 unspecified atom stereocenters. The Bertz CT molecular complexity index is 102. The third-order valence-electron chi connectivity index (χ3n) is 2.68. The van der Waals surface area contributed by atoms with Crippen LogP contribution in [0.3, 0.4) is 0 Å². The first-order valence-electron chi connectivity index (χ1n) is 3.89. The Labute approximate surface area is 60.6 Å². The molecule has 0 aromatic heterocycles. The molecule has 2 atom stereocenters. The van der Waals surface area contributed by atoms with Crippen molar-refractivity contribution in [2.75, 3.05) is 0 Å². The van der Waals surface area contributed by atoms with Crippen LogP contribution in [0, 0.1) is 17.8 Å². The van der Waals surface area contributed by atoms with Gasteiger partial charge in [-0.05, 0) is 24.7 Å². The van der Waals surface area contributed by atoms with Gasteiger partial charge in [-0.2, -0.15) is 0 Å². The van der Waals surface area contributed by atoms with Gasteiger partial charge in [0.2, 0.25) is 6.43 Å². The maximum Gasteiger partial charge on any atom is 0.241 e. The van der Waals surface area contributed by atoms with Crippen LogP contribution in [0.2, 0.25) is 0 Å². The lowest BCUT2D eigenvalue weighted by atomic mass is 10.0. The van der Waals surface area contributed by atoms with Crippen LogP contribution < -0.4 is 0 Å². The number of hydrogen-bond acceptors (Lipinski definition) is 0. The van der Waals surface area contributed by atoms with Gasteiger partial charge in [0.15, 0.2) is 0 Å². The van der Waals surface area contributed by atoms with E-state index in [1.54, 1.807) is 0 Å². The standard InChI is InChI=1S/C8H14F2/c1-5-3-7(8(9)10)4-6(5)2/h5-8H,3-4H2,1-2H3. The fourth-order valence-corrected chi connectivity index (χ4v) is 1.72. The van der Waals surface area contributed by atoms with E-state index in [0.717, 1.165) is 12.8 Å². The highest BCUT2D eigenvalue weighted by Crippen LogP contribution is 2.38. The van der Waals surface area contributed by atoms with Gasteiger partial charge in [-0.25, -0.2) is 8.78 Å². The van der Waals surface area contributed by atoms with Gasteiger partial charge in [-0.1, -0.05) is 13.8 Å². The minimum atomic E-state index is -2.09. The van der Waals surface area contributed by atoms with Crippen molar-refractivity contribution in [3.8, 4) is 0 Å². The van der Waals surface area contributed by atoms with E-state index in [2.05, 4.69) is 13.8 Å². The molecule has 0 aromatic rings. The van der Waals surface area contributed by atoms with E-state index in [1.165, 1.54) is 0 Å².